The maximum absolute atomic E-state index is 13.0. The number of hydrogen-bond acceptors (Lipinski definition) is 5. The number of hydrogen-bond donors (Lipinski definition) is 1. The Morgan fingerprint density at radius 3 is 2.42 bits per heavy atom. The Morgan fingerprint density at radius 2 is 1.75 bits per heavy atom. The first-order valence-electron chi connectivity index (χ1n) is 13.8. The average molecular weight is 489 g/mol. The minimum absolute atomic E-state index is 0.197. The van der Waals surface area contributed by atoms with E-state index in [1.54, 1.807) is 6.08 Å². The molecule has 192 valence electrons. The summed E-state index contributed by atoms with van der Waals surface area (Å²) in [5, 5.41) is 3.13. The van der Waals surface area contributed by atoms with Gasteiger partial charge < -0.3 is 20.0 Å². The Hall–Kier alpha value is -2.69. The van der Waals surface area contributed by atoms with E-state index in [-0.39, 0.29) is 5.91 Å². The molecule has 0 spiro atoms. The number of amides is 1. The zero-order chi connectivity index (χ0) is 25.1. The fourth-order valence-corrected chi connectivity index (χ4v) is 6.21. The topological polar surface area (TPSA) is 55.5 Å². The molecular weight excluding hydrogens is 448 g/mol. The summed E-state index contributed by atoms with van der Waals surface area (Å²) >= 11 is 0. The van der Waals surface area contributed by atoms with Crippen LogP contribution in [0.5, 0.6) is 0 Å². The van der Waals surface area contributed by atoms with Crippen molar-refractivity contribution in [2.24, 2.45) is 10.9 Å². The highest BCUT2D eigenvalue weighted by atomic mass is 16.1. The zero-order valence-corrected chi connectivity index (χ0v) is 21.9. The van der Waals surface area contributed by atoms with Gasteiger partial charge in [-0.3, -0.25) is 9.69 Å². The maximum Gasteiger partial charge on any atom is 0.294 e. The summed E-state index contributed by atoms with van der Waals surface area (Å²) in [6.07, 6.45) is 9.53. The minimum atomic E-state index is -0.197. The third-order valence-electron chi connectivity index (χ3n) is 8.72. The zero-order valence-electron chi connectivity index (χ0n) is 21.9. The van der Waals surface area contributed by atoms with Crippen molar-refractivity contribution in [3.63, 3.8) is 0 Å². The van der Waals surface area contributed by atoms with Crippen LogP contribution in [-0.4, -0.2) is 73.8 Å². The number of aliphatic imine (C=N–C) groups is 1. The van der Waals surface area contributed by atoms with E-state index in [2.05, 4.69) is 62.0 Å². The van der Waals surface area contributed by atoms with Crippen LogP contribution in [0.2, 0.25) is 0 Å². The molecule has 1 N–H and O–H groups in total. The van der Waals surface area contributed by atoms with E-state index < -0.39 is 0 Å². The molecule has 1 aromatic rings. The number of rotatable bonds is 5. The van der Waals surface area contributed by atoms with Gasteiger partial charge in [0, 0.05) is 51.7 Å². The summed E-state index contributed by atoms with van der Waals surface area (Å²) in [7, 11) is 2.23. The number of nitrogens with zero attached hydrogens (tertiary/aromatic N) is 5. The van der Waals surface area contributed by atoms with Crippen molar-refractivity contribution < 1.29 is 4.79 Å². The monoisotopic (exact) mass is 488 g/mol. The van der Waals surface area contributed by atoms with Gasteiger partial charge in [0.25, 0.3) is 11.7 Å². The molecular formula is C29H40N6O. The van der Waals surface area contributed by atoms with Gasteiger partial charge in [-0.1, -0.05) is 25.6 Å². The third-order valence-corrected chi connectivity index (χ3v) is 8.72. The number of carbonyl (C=O) groups excluding carboxylic acids is 1. The lowest BCUT2D eigenvalue weighted by Crippen LogP contribution is -2.49. The van der Waals surface area contributed by atoms with Crippen LogP contribution in [0.3, 0.4) is 0 Å². The van der Waals surface area contributed by atoms with Gasteiger partial charge >= 0.3 is 0 Å². The first-order valence-corrected chi connectivity index (χ1v) is 13.8. The highest BCUT2D eigenvalue weighted by molar-refractivity contribution is 6.44. The van der Waals surface area contributed by atoms with Crippen molar-refractivity contribution in [1.29, 1.82) is 0 Å². The van der Waals surface area contributed by atoms with Gasteiger partial charge in [0.2, 0.25) is 0 Å². The molecule has 3 fully saturated rings. The molecule has 0 radical (unpaired) electrons. The second-order valence-corrected chi connectivity index (χ2v) is 11.2. The Morgan fingerprint density at radius 1 is 1.03 bits per heavy atom. The molecule has 3 heterocycles. The first kappa shape index (κ1) is 25.0. The van der Waals surface area contributed by atoms with Crippen LogP contribution in [-0.2, 0) is 4.79 Å². The molecule has 1 saturated carbocycles. The molecule has 0 unspecified atom stereocenters. The molecule has 7 nitrogen and oxygen atoms in total. The molecule has 36 heavy (non-hydrogen) atoms. The molecule has 5 rings (SSSR count). The summed E-state index contributed by atoms with van der Waals surface area (Å²) in [4.78, 5) is 28.1. The SMILES string of the molecule is [C-]#[N+]C1=CCC(C(=O)Nc2ccc(C3CCC(N4CCN(C)CC4)CC3)cc2N2CCC(C)CC2)=N1. The Balaban J connectivity index is 1.29. The lowest BCUT2D eigenvalue weighted by atomic mass is 9.80. The highest BCUT2D eigenvalue weighted by Gasteiger charge is 2.30. The van der Waals surface area contributed by atoms with Crippen LogP contribution in [0.4, 0.5) is 11.4 Å². The van der Waals surface area contributed by atoms with Gasteiger partial charge in [0.1, 0.15) is 0 Å². The number of piperidine rings is 1. The van der Waals surface area contributed by atoms with Gasteiger partial charge in [-0.2, -0.15) is 0 Å². The van der Waals surface area contributed by atoms with Crippen molar-refractivity contribution in [1.82, 2.24) is 9.80 Å². The number of nitrogens with one attached hydrogen (secondary N) is 1. The van der Waals surface area contributed by atoms with Gasteiger partial charge in [-0.25, -0.2) is 0 Å². The summed E-state index contributed by atoms with van der Waals surface area (Å²) in [5.74, 6) is 1.45. The van der Waals surface area contributed by atoms with Crippen molar-refractivity contribution in [3.8, 4) is 0 Å². The van der Waals surface area contributed by atoms with Gasteiger partial charge in [-0.05, 0) is 75.1 Å². The predicted octanol–water partition coefficient (Wildman–Crippen LogP) is 4.74. The van der Waals surface area contributed by atoms with E-state index in [4.69, 9.17) is 6.57 Å². The minimum Gasteiger partial charge on any atom is -0.370 e. The Kier molecular flexibility index (Phi) is 7.73. The molecule has 2 saturated heterocycles. The number of piperazine rings is 1. The smallest absolute Gasteiger partial charge is 0.294 e. The van der Waals surface area contributed by atoms with Gasteiger partial charge in [0.05, 0.1) is 11.4 Å². The predicted molar refractivity (Wildman–Crippen MR) is 146 cm³/mol. The standard InChI is InChI=1S/C29H40N6O/c1-21-12-14-35(15-13-21)27-20-23(6-9-25(27)32-29(36)26-10-11-28(30-2)31-26)22-4-7-24(8-5-22)34-18-16-33(3)17-19-34/h6,9,11,20-22,24H,4-5,7-8,10,12-19H2,1,3H3,(H,32,36). The van der Waals surface area contributed by atoms with E-state index >= 15 is 0 Å². The molecule has 1 amide bonds. The normalized spacial score (nSPS) is 26.3. The van der Waals surface area contributed by atoms with Crippen LogP contribution >= 0.6 is 0 Å². The number of carbonyl (C=O) groups is 1. The van der Waals surface area contributed by atoms with E-state index in [0.717, 1.165) is 36.4 Å². The van der Waals surface area contributed by atoms with Gasteiger partial charge in [0.15, 0.2) is 5.71 Å². The third kappa shape index (κ3) is 5.66. The van der Waals surface area contributed by atoms with E-state index in [1.165, 1.54) is 70.3 Å². The van der Waals surface area contributed by atoms with Crippen LogP contribution in [0.15, 0.2) is 35.1 Å². The van der Waals surface area contributed by atoms with Crippen LogP contribution in [0, 0.1) is 12.5 Å². The molecule has 3 aliphatic heterocycles. The molecule has 1 aromatic carbocycles. The van der Waals surface area contributed by atoms with Crippen LogP contribution in [0.25, 0.3) is 4.85 Å². The van der Waals surface area contributed by atoms with Crippen molar-refractivity contribution in [3.05, 3.63) is 47.1 Å². The van der Waals surface area contributed by atoms with Crippen LogP contribution in [0.1, 0.15) is 63.4 Å². The average Bonchev–Trinajstić information content (AvgIpc) is 3.40. The lowest BCUT2D eigenvalue weighted by Gasteiger charge is -2.41. The first-order chi connectivity index (χ1) is 17.5. The Bertz CT molecular complexity index is 1050. The second kappa shape index (κ2) is 11.1. The quantitative estimate of drug-likeness (QED) is 0.609. The lowest BCUT2D eigenvalue weighted by molar-refractivity contribution is -0.110. The number of likely N-dealkylation sites (N-methyl/N-ethyl adjacent to an activating group) is 1. The number of allylic oxidation sites excluding steroid dienone is 1. The Labute approximate surface area is 216 Å². The fraction of sp³-hybridized carbons (Fsp3) is 0.621. The number of anilines is 2. The highest BCUT2D eigenvalue weighted by Crippen LogP contribution is 2.39. The van der Waals surface area contributed by atoms with E-state index in [9.17, 15) is 4.79 Å². The molecule has 0 atom stereocenters. The van der Waals surface area contributed by atoms with Crippen molar-refractivity contribution >= 4 is 23.0 Å². The van der Waals surface area contributed by atoms with Crippen LogP contribution < -0.4 is 10.2 Å². The van der Waals surface area contributed by atoms with E-state index in [0.29, 0.717) is 23.9 Å². The van der Waals surface area contributed by atoms with Gasteiger partial charge in [-0.15, -0.1) is 4.99 Å². The molecule has 0 aromatic heterocycles. The number of benzene rings is 1. The largest absolute Gasteiger partial charge is 0.370 e. The fourth-order valence-electron chi connectivity index (χ4n) is 6.21. The molecule has 0 bridgehead atoms. The van der Waals surface area contributed by atoms with Crippen molar-refractivity contribution in [2.45, 2.75) is 63.8 Å². The summed E-state index contributed by atoms with van der Waals surface area (Å²) in [5.41, 5.74) is 3.84. The van der Waals surface area contributed by atoms with E-state index in [1.807, 2.05) is 0 Å². The maximum atomic E-state index is 13.0. The molecule has 1 aliphatic carbocycles. The summed E-state index contributed by atoms with van der Waals surface area (Å²) in [6.45, 7) is 16.3. The second-order valence-electron chi connectivity index (χ2n) is 11.2. The molecule has 7 heteroatoms. The van der Waals surface area contributed by atoms with Crippen molar-refractivity contribution in [2.75, 3.05) is 56.5 Å². The summed E-state index contributed by atoms with van der Waals surface area (Å²) < 4.78 is 0. The summed E-state index contributed by atoms with van der Waals surface area (Å²) in [6, 6.07) is 7.42. The molecule has 4 aliphatic rings.